The second-order valence-electron chi connectivity index (χ2n) is 3.40. The van der Waals surface area contributed by atoms with Gasteiger partial charge in [0.2, 0.25) is 0 Å². The maximum absolute atomic E-state index is 5.74. The highest BCUT2D eigenvalue weighted by molar-refractivity contribution is 5.38. The average Bonchev–Trinajstić information content (AvgIpc) is 2.20. The number of hydrazine groups is 1. The Labute approximate surface area is 84.7 Å². The summed E-state index contributed by atoms with van der Waals surface area (Å²) in [6.45, 7) is 2.14. The highest BCUT2D eigenvalue weighted by Gasteiger charge is 2.08. The molecule has 0 aromatic carbocycles. The molecule has 78 valence electrons. The van der Waals surface area contributed by atoms with Gasteiger partial charge in [-0.15, -0.1) is 0 Å². The van der Waals surface area contributed by atoms with Crippen molar-refractivity contribution in [1.29, 1.82) is 0 Å². The summed E-state index contributed by atoms with van der Waals surface area (Å²) in [6, 6.07) is 4.17. The summed E-state index contributed by atoms with van der Waals surface area (Å²) < 4.78 is 0. The van der Waals surface area contributed by atoms with Crippen LogP contribution in [0.25, 0.3) is 0 Å². The molecular formula is C10H18N4. The minimum atomic E-state index is 0.284. The van der Waals surface area contributed by atoms with E-state index in [2.05, 4.69) is 17.3 Å². The van der Waals surface area contributed by atoms with Crippen molar-refractivity contribution in [3.63, 3.8) is 0 Å². The van der Waals surface area contributed by atoms with Crippen molar-refractivity contribution in [3.05, 3.63) is 23.9 Å². The highest BCUT2D eigenvalue weighted by Crippen LogP contribution is 2.11. The molecule has 1 unspecified atom stereocenters. The number of hydrogen-bond donors (Lipinski definition) is 3. The van der Waals surface area contributed by atoms with Gasteiger partial charge in [-0.3, -0.25) is 11.3 Å². The summed E-state index contributed by atoms with van der Waals surface area (Å²) in [6.07, 6.45) is 4.69. The number of hydrogen-bond acceptors (Lipinski definition) is 4. The number of nitrogens with zero attached hydrogens (tertiary/aromatic N) is 1. The first kappa shape index (κ1) is 10.9. The lowest BCUT2D eigenvalue weighted by atomic mass is 10.0. The van der Waals surface area contributed by atoms with E-state index in [-0.39, 0.29) is 6.04 Å². The summed E-state index contributed by atoms with van der Waals surface area (Å²) in [5.41, 5.74) is 9.59. The van der Waals surface area contributed by atoms with Crippen LogP contribution in [-0.2, 0) is 6.42 Å². The zero-order chi connectivity index (χ0) is 10.4. The fourth-order valence-electron chi connectivity index (χ4n) is 1.48. The first-order valence-corrected chi connectivity index (χ1v) is 4.93. The normalized spacial score (nSPS) is 12.7. The number of anilines is 1. The third-order valence-electron chi connectivity index (χ3n) is 2.27. The van der Waals surface area contributed by atoms with Gasteiger partial charge >= 0.3 is 0 Å². The molecule has 1 heterocycles. The molecule has 0 fully saturated rings. The van der Waals surface area contributed by atoms with Gasteiger partial charge in [0.05, 0.1) is 0 Å². The van der Waals surface area contributed by atoms with Gasteiger partial charge in [0, 0.05) is 12.2 Å². The smallest absolute Gasteiger partial charge is 0.126 e. The van der Waals surface area contributed by atoms with Crippen LogP contribution in [0.15, 0.2) is 18.3 Å². The van der Waals surface area contributed by atoms with Gasteiger partial charge in [-0.05, 0) is 24.5 Å². The Hall–Kier alpha value is -1.13. The Morgan fingerprint density at radius 3 is 2.93 bits per heavy atom. The zero-order valence-corrected chi connectivity index (χ0v) is 8.53. The van der Waals surface area contributed by atoms with Crippen molar-refractivity contribution in [3.8, 4) is 0 Å². The number of nitrogen functional groups attached to an aromatic ring is 1. The monoisotopic (exact) mass is 194 g/mol. The van der Waals surface area contributed by atoms with Crippen molar-refractivity contribution in [2.24, 2.45) is 5.84 Å². The molecule has 4 heteroatoms. The molecule has 14 heavy (non-hydrogen) atoms. The standard InChI is InChI=1S/C10H18N4/c1-2-4-9(14-12)7-8-5-3-6-13-10(8)11/h3,5-6,9,14H,2,4,7,12H2,1H3,(H2,11,13). The highest BCUT2D eigenvalue weighted by atomic mass is 15.2. The topological polar surface area (TPSA) is 77.0 Å². The van der Waals surface area contributed by atoms with Crippen molar-refractivity contribution < 1.29 is 0 Å². The molecular weight excluding hydrogens is 176 g/mol. The molecule has 1 aromatic rings. The minimum Gasteiger partial charge on any atom is -0.383 e. The molecule has 4 nitrogen and oxygen atoms in total. The van der Waals surface area contributed by atoms with Crippen molar-refractivity contribution in [1.82, 2.24) is 10.4 Å². The van der Waals surface area contributed by atoms with Gasteiger partial charge in [-0.2, -0.15) is 0 Å². The molecule has 0 aliphatic rings. The van der Waals surface area contributed by atoms with Crippen LogP contribution in [0.2, 0.25) is 0 Å². The van der Waals surface area contributed by atoms with E-state index in [9.17, 15) is 0 Å². The summed E-state index contributed by atoms with van der Waals surface area (Å²) in [5, 5.41) is 0. The van der Waals surface area contributed by atoms with Crippen molar-refractivity contribution >= 4 is 5.82 Å². The molecule has 0 aliphatic carbocycles. The number of aromatic nitrogens is 1. The van der Waals surface area contributed by atoms with Crippen LogP contribution >= 0.6 is 0 Å². The molecule has 1 rings (SSSR count). The van der Waals surface area contributed by atoms with E-state index in [1.54, 1.807) is 6.20 Å². The Morgan fingerprint density at radius 2 is 2.36 bits per heavy atom. The molecule has 5 N–H and O–H groups in total. The zero-order valence-electron chi connectivity index (χ0n) is 8.53. The third kappa shape index (κ3) is 2.97. The lowest BCUT2D eigenvalue weighted by molar-refractivity contribution is 0.486. The first-order chi connectivity index (χ1) is 6.77. The second kappa shape index (κ2) is 5.57. The Balaban J connectivity index is 2.62. The molecule has 0 saturated carbocycles. The lowest BCUT2D eigenvalue weighted by Crippen LogP contribution is -2.36. The SMILES string of the molecule is CCCC(Cc1cccnc1N)NN. The van der Waals surface area contributed by atoms with Crippen molar-refractivity contribution in [2.75, 3.05) is 5.73 Å². The van der Waals surface area contributed by atoms with E-state index >= 15 is 0 Å². The molecule has 1 aromatic heterocycles. The maximum Gasteiger partial charge on any atom is 0.126 e. The van der Waals surface area contributed by atoms with Gasteiger partial charge < -0.3 is 5.73 Å². The van der Waals surface area contributed by atoms with Crippen LogP contribution in [0.1, 0.15) is 25.3 Å². The van der Waals surface area contributed by atoms with E-state index in [1.807, 2.05) is 12.1 Å². The molecule has 0 radical (unpaired) electrons. The van der Waals surface area contributed by atoms with Crippen molar-refractivity contribution in [2.45, 2.75) is 32.2 Å². The fraction of sp³-hybridized carbons (Fsp3) is 0.500. The van der Waals surface area contributed by atoms with Crippen LogP contribution in [0.5, 0.6) is 0 Å². The van der Waals surface area contributed by atoms with Crippen LogP contribution in [0, 0.1) is 0 Å². The summed E-state index contributed by atoms with van der Waals surface area (Å²) >= 11 is 0. The Bertz CT molecular complexity index is 275. The molecule has 0 amide bonds. The van der Waals surface area contributed by atoms with E-state index in [0.29, 0.717) is 5.82 Å². The Morgan fingerprint density at radius 1 is 1.57 bits per heavy atom. The van der Waals surface area contributed by atoms with Crippen LogP contribution in [-0.4, -0.2) is 11.0 Å². The average molecular weight is 194 g/mol. The van der Waals surface area contributed by atoms with Gasteiger partial charge in [-0.25, -0.2) is 4.98 Å². The summed E-state index contributed by atoms with van der Waals surface area (Å²) in [7, 11) is 0. The molecule has 1 atom stereocenters. The van der Waals surface area contributed by atoms with Gasteiger partial charge in [0.1, 0.15) is 5.82 Å². The molecule has 0 saturated heterocycles. The van der Waals surface area contributed by atoms with Crippen LogP contribution in [0.4, 0.5) is 5.82 Å². The predicted molar refractivity (Wildman–Crippen MR) is 58.4 cm³/mol. The molecule has 0 spiro atoms. The molecule has 0 bridgehead atoms. The van der Waals surface area contributed by atoms with Gasteiger partial charge in [-0.1, -0.05) is 19.4 Å². The fourth-order valence-corrected chi connectivity index (χ4v) is 1.48. The summed E-state index contributed by atoms with van der Waals surface area (Å²) in [4.78, 5) is 4.04. The van der Waals surface area contributed by atoms with Crippen LogP contribution in [0.3, 0.4) is 0 Å². The van der Waals surface area contributed by atoms with E-state index in [4.69, 9.17) is 11.6 Å². The third-order valence-corrected chi connectivity index (χ3v) is 2.27. The van der Waals surface area contributed by atoms with E-state index < -0.39 is 0 Å². The number of rotatable bonds is 5. The van der Waals surface area contributed by atoms with E-state index in [0.717, 1.165) is 24.8 Å². The molecule has 0 aliphatic heterocycles. The first-order valence-electron chi connectivity index (χ1n) is 4.93. The minimum absolute atomic E-state index is 0.284. The van der Waals surface area contributed by atoms with Gasteiger partial charge in [0.25, 0.3) is 0 Å². The van der Waals surface area contributed by atoms with Gasteiger partial charge in [0.15, 0.2) is 0 Å². The Kier molecular flexibility index (Phi) is 4.35. The number of pyridine rings is 1. The quantitative estimate of drug-likeness (QED) is 0.479. The van der Waals surface area contributed by atoms with E-state index in [1.165, 1.54) is 0 Å². The largest absolute Gasteiger partial charge is 0.383 e. The second-order valence-corrected chi connectivity index (χ2v) is 3.40. The lowest BCUT2D eigenvalue weighted by Gasteiger charge is -2.15. The summed E-state index contributed by atoms with van der Waals surface area (Å²) in [5.74, 6) is 6.05. The predicted octanol–water partition coefficient (Wildman–Crippen LogP) is 0.838. The maximum atomic E-state index is 5.74. The van der Waals surface area contributed by atoms with Crippen LogP contribution < -0.4 is 17.0 Å². The number of nitrogens with one attached hydrogen (secondary N) is 1. The number of nitrogens with two attached hydrogens (primary N) is 2.